The van der Waals surface area contributed by atoms with E-state index in [9.17, 15) is 9.59 Å². The van der Waals surface area contributed by atoms with E-state index in [1.165, 1.54) is 4.90 Å². The molecule has 0 aliphatic carbocycles. The quantitative estimate of drug-likeness (QED) is 0.861. The van der Waals surface area contributed by atoms with Gasteiger partial charge in [0.1, 0.15) is 5.75 Å². The molecule has 2 aromatic rings. The highest BCUT2D eigenvalue weighted by Crippen LogP contribution is 2.18. The van der Waals surface area contributed by atoms with Crippen LogP contribution >= 0.6 is 0 Å². The third-order valence-corrected chi connectivity index (χ3v) is 3.43. The fourth-order valence-corrected chi connectivity index (χ4v) is 2.07. The minimum absolute atomic E-state index is 0.156. The summed E-state index contributed by atoms with van der Waals surface area (Å²) >= 11 is 0. The van der Waals surface area contributed by atoms with Crippen LogP contribution in [0.25, 0.3) is 0 Å². The molecule has 2 amide bonds. The lowest BCUT2D eigenvalue weighted by Gasteiger charge is -2.17. The van der Waals surface area contributed by atoms with Crippen molar-refractivity contribution in [2.75, 3.05) is 30.5 Å². The molecule has 2 aromatic carbocycles. The Balaban J connectivity index is 1.86. The van der Waals surface area contributed by atoms with Crippen LogP contribution in [0, 0.1) is 11.3 Å². The molecule has 0 unspecified atom stereocenters. The molecule has 0 atom stereocenters. The van der Waals surface area contributed by atoms with Crippen molar-refractivity contribution < 1.29 is 19.1 Å². The summed E-state index contributed by atoms with van der Waals surface area (Å²) in [6.45, 7) is 1.89. The van der Waals surface area contributed by atoms with E-state index in [0.29, 0.717) is 29.3 Å². The molecule has 0 aliphatic rings. The molecule has 26 heavy (non-hydrogen) atoms. The fourth-order valence-electron chi connectivity index (χ4n) is 2.07. The first-order valence-corrected chi connectivity index (χ1v) is 7.97. The molecule has 0 heterocycles. The lowest BCUT2D eigenvalue weighted by atomic mass is 10.2. The van der Waals surface area contributed by atoms with Crippen molar-refractivity contribution in [1.29, 1.82) is 5.26 Å². The van der Waals surface area contributed by atoms with Gasteiger partial charge in [0.25, 0.3) is 5.91 Å². The Bertz CT molecular complexity index is 795. The molecule has 7 heteroatoms. The van der Waals surface area contributed by atoms with Crippen LogP contribution in [0.5, 0.6) is 5.75 Å². The zero-order valence-electron chi connectivity index (χ0n) is 14.6. The lowest BCUT2D eigenvalue weighted by Crippen LogP contribution is -2.27. The van der Waals surface area contributed by atoms with Gasteiger partial charge in [0.2, 0.25) is 0 Å². The molecule has 7 nitrogen and oxygen atoms in total. The third kappa shape index (κ3) is 5.24. The standard InChI is InChI=1S/C19H19N3O4/c1-3-25-19(24)22(2)16-8-6-15(7-9-16)21-18(23)13-26-17-10-4-14(12-20)5-11-17/h4-11H,3,13H2,1-2H3,(H,21,23). The normalized spacial score (nSPS) is 9.73. The van der Waals surface area contributed by atoms with Crippen molar-refractivity contribution in [3.8, 4) is 11.8 Å². The monoisotopic (exact) mass is 353 g/mol. The van der Waals surface area contributed by atoms with Gasteiger partial charge in [0, 0.05) is 18.4 Å². The van der Waals surface area contributed by atoms with E-state index >= 15 is 0 Å². The zero-order valence-corrected chi connectivity index (χ0v) is 14.6. The second kappa shape index (κ2) is 9.08. The van der Waals surface area contributed by atoms with Gasteiger partial charge in [0.05, 0.1) is 18.2 Å². The summed E-state index contributed by atoms with van der Waals surface area (Å²) in [7, 11) is 1.61. The largest absolute Gasteiger partial charge is 0.484 e. The lowest BCUT2D eigenvalue weighted by molar-refractivity contribution is -0.118. The SMILES string of the molecule is CCOC(=O)N(C)c1ccc(NC(=O)COc2ccc(C#N)cc2)cc1. The van der Waals surface area contributed by atoms with E-state index in [-0.39, 0.29) is 12.5 Å². The number of benzene rings is 2. The van der Waals surface area contributed by atoms with Crippen LogP contribution in [-0.2, 0) is 9.53 Å². The van der Waals surface area contributed by atoms with Crippen molar-refractivity contribution in [1.82, 2.24) is 0 Å². The molecule has 1 N–H and O–H groups in total. The van der Waals surface area contributed by atoms with Crippen LogP contribution in [0.15, 0.2) is 48.5 Å². The van der Waals surface area contributed by atoms with Gasteiger partial charge >= 0.3 is 6.09 Å². The first-order chi connectivity index (χ1) is 12.5. The van der Waals surface area contributed by atoms with Crippen LogP contribution in [0.1, 0.15) is 12.5 Å². The van der Waals surface area contributed by atoms with Crippen molar-refractivity contribution in [3.05, 3.63) is 54.1 Å². The number of carbonyl (C=O) groups excluding carboxylic acids is 2. The van der Waals surface area contributed by atoms with E-state index < -0.39 is 6.09 Å². The number of rotatable bonds is 6. The van der Waals surface area contributed by atoms with Crippen LogP contribution < -0.4 is 15.0 Å². The van der Waals surface area contributed by atoms with Gasteiger partial charge in [0.15, 0.2) is 6.61 Å². The van der Waals surface area contributed by atoms with Gasteiger partial charge in [-0.2, -0.15) is 5.26 Å². The molecular weight excluding hydrogens is 334 g/mol. The van der Waals surface area contributed by atoms with E-state index in [4.69, 9.17) is 14.7 Å². The summed E-state index contributed by atoms with van der Waals surface area (Å²) in [6, 6.07) is 15.3. The molecule has 2 rings (SSSR count). The predicted octanol–water partition coefficient (Wildman–Crippen LogP) is 3.17. The van der Waals surface area contributed by atoms with Gasteiger partial charge < -0.3 is 14.8 Å². The summed E-state index contributed by atoms with van der Waals surface area (Å²) in [5.74, 6) is 0.186. The molecule has 0 aromatic heterocycles. The van der Waals surface area contributed by atoms with Gasteiger partial charge in [-0.1, -0.05) is 0 Å². The van der Waals surface area contributed by atoms with E-state index in [1.54, 1.807) is 62.5 Å². The van der Waals surface area contributed by atoms with Crippen molar-refractivity contribution in [2.24, 2.45) is 0 Å². The van der Waals surface area contributed by atoms with Gasteiger partial charge in [-0.25, -0.2) is 4.79 Å². The summed E-state index contributed by atoms with van der Waals surface area (Å²) in [5, 5.41) is 11.4. The van der Waals surface area contributed by atoms with Crippen LogP contribution in [0.2, 0.25) is 0 Å². The Morgan fingerprint density at radius 3 is 2.35 bits per heavy atom. The van der Waals surface area contributed by atoms with Crippen molar-refractivity contribution >= 4 is 23.4 Å². The Kier molecular flexibility index (Phi) is 6.57. The summed E-state index contributed by atoms with van der Waals surface area (Å²) in [6.07, 6.45) is -0.444. The Morgan fingerprint density at radius 1 is 1.12 bits per heavy atom. The average Bonchev–Trinajstić information content (AvgIpc) is 2.67. The van der Waals surface area contributed by atoms with Crippen molar-refractivity contribution in [3.63, 3.8) is 0 Å². The van der Waals surface area contributed by atoms with Crippen LogP contribution in [-0.4, -0.2) is 32.3 Å². The summed E-state index contributed by atoms with van der Waals surface area (Å²) in [5.41, 5.74) is 1.75. The number of nitrogens with one attached hydrogen (secondary N) is 1. The zero-order chi connectivity index (χ0) is 18.9. The molecule has 134 valence electrons. The van der Waals surface area contributed by atoms with Gasteiger partial charge in [-0.05, 0) is 55.5 Å². The Morgan fingerprint density at radius 2 is 1.77 bits per heavy atom. The maximum atomic E-state index is 11.9. The Labute approximate surface area is 151 Å². The van der Waals surface area contributed by atoms with E-state index in [2.05, 4.69) is 5.32 Å². The second-order valence-corrected chi connectivity index (χ2v) is 5.28. The van der Waals surface area contributed by atoms with E-state index in [0.717, 1.165) is 0 Å². The summed E-state index contributed by atoms with van der Waals surface area (Å²) < 4.78 is 10.3. The van der Waals surface area contributed by atoms with Gasteiger partial charge in [-0.3, -0.25) is 9.69 Å². The summed E-state index contributed by atoms with van der Waals surface area (Å²) in [4.78, 5) is 25.0. The number of anilines is 2. The average molecular weight is 353 g/mol. The molecule has 0 aliphatic heterocycles. The predicted molar refractivity (Wildman–Crippen MR) is 97.1 cm³/mol. The van der Waals surface area contributed by atoms with Gasteiger partial charge in [-0.15, -0.1) is 0 Å². The molecule has 0 saturated heterocycles. The third-order valence-electron chi connectivity index (χ3n) is 3.43. The number of carbonyl (C=O) groups is 2. The number of hydrogen-bond acceptors (Lipinski definition) is 5. The minimum atomic E-state index is -0.444. The molecule has 0 radical (unpaired) electrons. The highest BCUT2D eigenvalue weighted by atomic mass is 16.6. The topological polar surface area (TPSA) is 91.7 Å². The maximum Gasteiger partial charge on any atom is 0.413 e. The Hall–Kier alpha value is -3.53. The number of ether oxygens (including phenoxy) is 2. The smallest absolute Gasteiger partial charge is 0.413 e. The molecule has 0 spiro atoms. The second-order valence-electron chi connectivity index (χ2n) is 5.28. The number of amides is 2. The maximum absolute atomic E-state index is 11.9. The highest BCUT2D eigenvalue weighted by Gasteiger charge is 2.11. The first-order valence-electron chi connectivity index (χ1n) is 7.97. The van der Waals surface area contributed by atoms with E-state index in [1.807, 2.05) is 6.07 Å². The van der Waals surface area contributed by atoms with Crippen LogP contribution in [0.4, 0.5) is 16.2 Å². The van der Waals surface area contributed by atoms with Crippen LogP contribution in [0.3, 0.4) is 0 Å². The highest BCUT2D eigenvalue weighted by molar-refractivity contribution is 5.92. The molecule has 0 saturated carbocycles. The molecule has 0 fully saturated rings. The fraction of sp³-hybridized carbons (Fsp3) is 0.211. The molecular formula is C19H19N3O4. The minimum Gasteiger partial charge on any atom is -0.484 e. The number of nitriles is 1. The number of nitrogens with zero attached hydrogens (tertiary/aromatic N) is 2. The number of hydrogen-bond donors (Lipinski definition) is 1. The molecule has 0 bridgehead atoms. The van der Waals surface area contributed by atoms with Crippen molar-refractivity contribution in [2.45, 2.75) is 6.92 Å². The first kappa shape index (κ1) is 18.8.